The van der Waals surface area contributed by atoms with E-state index in [1.807, 2.05) is 30.3 Å². The van der Waals surface area contributed by atoms with Crippen molar-refractivity contribution in [3.05, 3.63) is 52.0 Å². The molecule has 0 aromatic heterocycles. The minimum Gasteiger partial charge on any atom is -0.497 e. The highest BCUT2D eigenvalue weighted by atomic mass is 79.9. The second-order valence-electron chi connectivity index (χ2n) is 4.58. The predicted octanol–water partition coefficient (Wildman–Crippen LogP) is 4.61. The molecule has 4 heteroatoms. The third kappa shape index (κ3) is 3.91. The van der Waals surface area contributed by atoms with Gasteiger partial charge in [0.05, 0.1) is 14.2 Å². The number of hydrogen-bond donors (Lipinski definition) is 0. The Labute approximate surface area is 134 Å². The van der Waals surface area contributed by atoms with Gasteiger partial charge < -0.3 is 14.2 Å². The number of aryl methyl sites for hydroxylation is 1. The number of benzene rings is 2. The van der Waals surface area contributed by atoms with Crippen LogP contribution >= 0.6 is 15.9 Å². The van der Waals surface area contributed by atoms with Gasteiger partial charge in [-0.2, -0.15) is 0 Å². The zero-order valence-electron chi connectivity index (χ0n) is 12.5. The summed E-state index contributed by atoms with van der Waals surface area (Å²) in [6, 6.07) is 11.8. The highest BCUT2D eigenvalue weighted by Gasteiger charge is 2.08. The molecule has 0 amide bonds. The van der Waals surface area contributed by atoms with Gasteiger partial charge in [-0.25, -0.2) is 0 Å². The molecule has 0 fully saturated rings. The number of rotatable bonds is 6. The summed E-state index contributed by atoms with van der Waals surface area (Å²) in [6.07, 6.45) is 0.970. The normalized spacial score (nSPS) is 10.3. The minimum atomic E-state index is 0.444. The summed E-state index contributed by atoms with van der Waals surface area (Å²) in [5, 5.41) is 0. The first-order valence-corrected chi connectivity index (χ1v) is 7.59. The molecule has 3 nitrogen and oxygen atoms in total. The van der Waals surface area contributed by atoms with Crippen molar-refractivity contribution < 1.29 is 14.2 Å². The Morgan fingerprint density at radius 3 is 2.43 bits per heavy atom. The van der Waals surface area contributed by atoms with Crippen LogP contribution in [0.2, 0.25) is 0 Å². The molecular formula is C17H19BrO3. The Kier molecular flexibility index (Phi) is 5.51. The smallest absolute Gasteiger partial charge is 0.161 e. The molecule has 0 aliphatic rings. The van der Waals surface area contributed by atoms with Gasteiger partial charge in [-0.05, 0) is 42.3 Å². The van der Waals surface area contributed by atoms with Crippen molar-refractivity contribution in [2.75, 3.05) is 14.2 Å². The lowest BCUT2D eigenvalue weighted by Gasteiger charge is -2.13. The van der Waals surface area contributed by atoms with E-state index in [9.17, 15) is 0 Å². The summed E-state index contributed by atoms with van der Waals surface area (Å²) in [4.78, 5) is 0. The molecule has 0 aliphatic heterocycles. The van der Waals surface area contributed by atoms with E-state index in [1.165, 1.54) is 5.56 Å². The number of ether oxygens (including phenoxy) is 3. The molecule has 0 N–H and O–H groups in total. The van der Waals surface area contributed by atoms with Gasteiger partial charge in [0, 0.05) is 10.0 Å². The van der Waals surface area contributed by atoms with E-state index in [0.717, 1.165) is 33.7 Å². The second kappa shape index (κ2) is 7.36. The second-order valence-corrected chi connectivity index (χ2v) is 5.44. The fourth-order valence-electron chi connectivity index (χ4n) is 2.00. The first-order chi connectivity index (χ1) is 10.2. The van der Waals surface area contributed by atoms with Gasteiger partial charge in [0.25, 0.3) is 0 Å². The average molecular weight is 351 g/mol. The highest BCUT2D eigenvalue weighted by molar-refractivity contribution is 9.10. The lowest BCUT2D eigenvalue weighted by Crippen LogP contribution is -1.99. The topological polar surface area (TPSA) is 27.7 Å². The molecule has 0 bridgehead atoms. The van der Waals surface area contributed by atoms with E-state index in [0.29, 0.717) is 6.61 Å². The Hall–Kier alpha value is -1.68. The van der Waals surface area contributed by atoms with Gasteiger partial charge in [0.15, 0.2) is 11.5 Å². The molecule has 2 aromatic carbocycles. The molecule has 0 heterocycles. The average Bonchev–Trinajstić information content (AvgIpc) is 2.54. The standard InChI is InChI=1S/C17H19BrO3/c1-4-12-5-8-16(17(9-12)20-3)21-11-13-10-14(19-2)6-7-15(13)18/h5-10H,4,11H2,1-3H3. The maximum Gasteiger partial charge on any atom is 0.161 e. The van der Waals surface area contributed by atoms with Crippen molar-refractivity contribution in [3.63, 3.8) is 0 Å². The van der Waals surface area contributed by atoms with Gasteiger partial charge >= 0.3 is 0 Å². The fourth-order valence-corrected chi connectivity index (χ4v) is 2.36. The van der Waals surface area contributed by atoms with Crippen molar-refractivity contribution >= 4 is 15.9 Å². The van der Waals surface area contributed by atoms with Gasteiger partial charge in [0.1, 0.15) is 12.4 Å². The van der Waals surface area contributed by atoms with Crippen LogP contribution in [0.15, 0.2) is 40.9 Å². The monoisotopic (exact) mass is 350 g/mol. The Bertz CT molecular complexity index is 611. The molecule has 0 saturated carbocycles. The Morgan fingerprint density at radius 1 is 0.952 bits per heavy atom. The molecule has 112 valence electrons. The van der Waals surface area contributed by atoms with Crippen LogP contribution in [0.3, 0.4) is 0 Å². The van der Waals surface area contributed by atoms with Gasteiger partial charge in [0.2, 0.25) is 0 Å². The molecule has 0 spiro atoms. The SMILES string of the molecule is CCc1ccc(OCc2cc(OC)ccc2Br)c(OC)c1. The number of hydrogen-bond acceptors (Lipinski definition) is 3. The third-order valence-electron chi connectivity index (χ3n) is 3.27. The van der Waals surface area contributed by atoms with Crippen LogP contribution in [0.4, 0.5) is 0 Å². The largest absolute Gasteiger partial charge is 0.497 e. The first kappa shape index (κ1) is 15.7. The van der Waals surface area contributed by atoms with Crippen LogP contribution in [0.25, 0.3) is 0 Å². The van der Waals surface area contributed by atoms with Crippen LogP contribution in [0.5, 0.6) is 17.2 Å². The van der Waals surface area contributed by atoms with Gasteiger partial charge in [-0.1, -0.05) is 28.9 Å². The van der Waals surface area contributed by atoms with Crippen LogP contribution in [-0.2, 0) is 13.0 Å². The fraction of sp³-hybridized carbons (Fsp3) is 0.294. The molecule has 0 aliphatic carbocycles. The van der Waals surface area contributed by atoms with E-state index in [1.54, 1.807) is 14.2 Å². The van der Waals surface area contributed by atoms with Crippen LogP contribution < -0.4 is 14.2 Å². The molecule has 2 rings (SSSR count). The van der Waals surface area contributed by atoms with E-state index < -0.39 is 0 Å². The van der Waals surface area contributed by atoms with Crippen molar-refractivity contribution in [2.45, 2.75) is 20.0 Å². The van der Waals surface area contributed by atoms with Crippen LogP contribution in [-0.4, -0.2) is 14.2 Å². The maximum atomic E-state index is 5.88. The lowest BCUT2D eigenvalue weighted by atomic mass is 10.1. The zero-order chi connectivity index (χ0) is 15.2. The molecule has 0 unspecified atom stereocenters. The summed E-state index contributed by atoms with van der Waals surface area (Å²) in [5.74, 6) is 2.31. The Balaban J connectivity index is 2.16. The van der Waals surface area contributed by atoms with Crippen molar-refractivity contribution in [2.24, 2.45) is 0 Å². The summed E-state index contributed by atoms with van der Waals surface area (Å²) in [7, 11) is 3.31. The van der Waals surface area contributed by atoms with E-state index >= 15 is 0 Å². The molecule has 0 radical (unpaired) electrons. The molecule has 2 aromatic rings. The van der Waals surface area contributed by atoms with Gasteiger partial charge in [-0.15, -0.1) is 0 Å². The Morgan fingerprint density at radius 2 is 1.76 bits per heavy atom. The molecule has 21 heavy (non-hydrogen) atoms. The highest BCUT2D eigenvalue weighted by Crippen LogP contribution is 2.30. The van der Waals surface area contributed by atoms with Crippen molar-refractivity contribution in [1.82, 2.24) is 0 Å². The maximum absolute atomic E-state index is 5.88. The summed E-state index contributed by atoms with van der Waals surface area (Å²) in [5.41, 5.74) is 2.25. The zero-order valence-corrected chi connectivity index (χ0v) is 14.1. The van der Waals surface area contributed by atoms with Crippen LogP contribution in [0, 0.1) is 0 Å². The summed E-state index contributed by atoms with van der Waals surface area (Å²) >= 11 is 3.52. The molecular weight excluding hydrogens is 332 g/mol. The van der Waals surface area contributed by atoms with E-state index in [-0.39, 0.29) is 0 Å². The van der Waals surface area contributed by atoms with Crippen molar-refractivity contribution in [3.8, 4) is 17.2 Å². The third-order valence-corrected chi connectivity index (χ3v) is 4.05. The first-order valence-electron chi connectivity index (χ1n) is 6.80. The summed E-state index contributed by atoms with van der Waals surface area (Å²) < 4.78 is 17.5. The molecule has 0 atom stereocenters. The van der Waals surface area contributed by atoms with E-state index in [2.05, 4.69) is 28.9 Å². The molecule has 0 saturated heterocycles. The van der Waals surface area contributed by atoms with Crippen molar-refractivity contribution in [1.29, 1.82) is 0 Å². The quantitative estimate of drug-likeness (QED) is 0.761. The number of methoxy groups -OCH3 is 2. The predicted molar refractivity (Wildman–Crippen MR) is 87.4 cm³/mol. The van der Waals surface area contributed by atoms with Crippen LogP contribution in [0.1, 0.15) is 18.1 Å². The summed E-state index contributed by atoms with van der Waals surface area (Å²) in [6.45, 7) is 2.56. The van der Waals surface area contributed by atoms with E-state index in [4.69, 9.17) is 14.2 Å². The van der Waals surface area contributed by atoms with Gasteiger partial charge in [-0.3, -0.25) is 0 Å². The minimum absolute atomic E-state index is 0.444. The lowest BCUT2D eigenvalue weighted by molar-refractivity contribution is 0.283. The number of halogens is 1.